The first-order chi connectivity index (χ1) is 9.74. The van der Waals surface area contributed by atoms with Crippen molar-refractivity contribution in [1.29, 1.82) is 0 Å². The number of likely N-dealkylation sites (tertiary alicyclic amines) is 1. The number of nitrogens with one attached hydrogen (secondary N) is 1. The molecule has 1 saturated heterocycles. The Hall–Kier alpha value is -0.570. The molecule has 5 rings (SSSR count). The number of rotatable bonds is 2. The number of hydrogen-bond donors (Lipinski definition) is 1. The van der Waals surface area contributed by atoms with Gasteiger partial charge < -0.3 is 10.2 Å². The minimum Gasteiger partial charge on any atom is -0.342 e. The summed E-state index contributed by atoms with van der Waals surface area (Å²) in [6, 6.07) is 0.623. The predicted molar refractivity (Wildman–Crippen MR) is 79.2 cm³/mol. The fraction of sp³-hybridized carbons (Fsp3) is 0.941. The van der Waals surface area contributed by atoms with Gasteiger partial charge in [0, 0.05) is 25.0 Å². The molecule has 4 saturated carbocycles. The van der Waals surface area contributed by atoms with Crippen LogP contribution in [0.25, 0.3) is 0 Å². The zero-order valence-electron chi connectivity index (χ0n) is 12.7. The highest BCUT2D eigenvalue weighted by Crippen LogP contribution is 2.56. The van der Waals surface area contributed by atoms with Crippen LogP contribution in [0.3, 0.4) is 0 Å². The second-order valence-corrected chi connectivity index (χ2v) is 7.84. The number of carbonyl (C=O) groups is 1. The molecule has 0 spiro atoms. The highest BCUT2D eigenvalue weighted by molar-refractivity contribution is 5.80. The third kappa shape index (κ3) is 2.09. The molecule has 0 aromatic carbocycles. The summed E-state index contributed by atoms with van der Waals surface area (Å²) in [6.07, 6.45) is 9.17. The molecule has 4 aliphatic carbocycles. The molecular formula is C17H28N2O. The van der Waals surface area contributed by atoms with Gasteiger partial charge in [0.1, 0.15) is 0 Å². The topological polar surface area (TPSA) is 32.3 Å². The van der Waals surface area contributed by atoms with Crippen LogP contribution in [0.1, 0.15) is 44.9 Å². The number of hydrogen-bond acceptors (Lipinski definition) is 2. The Morgan fingerprint density at radius 3 is 2.00 bits per heavy atom. The maximum atomic E-state index is 13.0. The van der Waals surface area contributed by atoms with Gasteiger partial charge >= 0.3 is 0 Å². The van der Waals surface area contributed by atoms with Crippen LogP contribution in [0.4, 0.5) is 0 Å². The summed E-state index contributed by atoms with van der Waals surface area (Å²) in [5.74, 6) is 4.33. The molecular weight excluding hydrogens is 248 g/mol. The lowest BCUT2D eigenvalue weighted by Gasteiger charge is -2.54. The Kier molecular flexibility index (Phi) is 3.29. The van der Waals surface area contributed by atoms with Crippen LogP contribution in [-0.2, 0) is 4.79 Å². The van der Waals surface area contributed by atoms with Gasteiger partial charge in [0.15, 0.2) is 0 Å². The molecule has 5 fully saturated rings. The van der Waals surface area contributed by atoms with E-state index in [2.05, 4.69) is 10.2 Å². The number of nitrogens with zero attached hydrogens (tertiary/aromatic N) is 1. The molecule has 0 aromatic heterocycles. The van der Waals surface area contributed by atoms with E-state index in [0.717, 1.165) is 49.6 Å². The average molecular weight is 276 g/mol. The quantitative estimate of drug-likeness (QED) is 0.839. The smallest absolute Gasteiger partial charge is 0.226 e. The van der Waals surface area contributed by atoms with E-state index in [1.165, 1.54) is 32.1 Å². The minimum absolute atomic E-state index is 0.397. The third-order valence-corrected chi connectivity index (χ3v) is 6.73. The summed E-state index contributed by atoms with van der Waals surface area (Å²) in [5.41, 5.74) is 0. The lowest BCUT2D eigenvalue weighted by Crippen LogP contribution is -2.54. The largest absolute Gasteiger partial charge is 0.342 e. The van der Waals surface area contributed by atoms with E-state index in [1.807, 2.05) is 7.05 Å². The fourth-order valence-electron chi connectivity index (χ4n) is 5.93. The molecule has 0 radical (unpaired) electrons. The van der Waals surface area contributed by atoms with Crippen LogP contribution in [0.2, 0.25) is 0 Å². The standard InChI is InChI=1S/C17H28N2O/c1-18-15-2-4-19(5-3-15)17(20)16-13-7-11-6-12(9-13)10-14(16)8-11/h11-16,18H,2-10H2,1H3. The first kappa shape index (κ1) is 13.1. The van der Waals surface area contributed by atoms with E-state index in [-0.39, 0.29) is 0 Å². The third-order valence-electron chi connectivity index (χ3n) is 6.73. The van der Waals surface area contributed by atoms with Crippen molar-refractivity contribution in [3.8, 4) is 0 Å². The molecule has 5 aliphatic rings. The van der Waals surface area contributed by atoms with Crippen molar-refractivity contribution in [3.05, 3.63) is 0 Å². The number of piperidine rings is 1. The first-order valence-electron chi connectivity index (χ1n) is 8.70. The monoisotopic (exact) mass is 276 g/mol. The summed E-state index contributed by atoms with van der Waals surface area (Å²) in [6.45, 7) is 1.96. The Bertz CT molecular complexity index is 358. The van der Waals surface area contributed by atoms with Crippen molar-refractivity contribution in [2.24, 2.45) is 29.6 Å². The second-order valence-electron chi connectivity index (χ2n) is 7.84. The molecule has 1 N–H and O–H groups in total. The zero-order valence-corrected chi connectivity index (χ0v) is 12.7. The van der Waals surface area contributed by atoms with Gasteiger partial charge in [0.2, 0.25) is 5.91 Å². The van der Waals surface area contributed by atoms with Gasteiger partial charge in [-0.25, -0.2) is 0 Å². The normalized spacial score (nSPS) is 44.0. The van der Waals surface area contributed by atoms with Crippen LogP contribution in [0, 0.1) is 29.6 Å². The van der Waals surface area contributed by atoms with Crippen LogP contribution in [0.5, 0.6) is 0 Å². The molecule has 1 amide bonds. The summed E-state index contributed by atoms with van der Waals surface area (Å²) in [4.78, 5) is 15.2. The molecule has 3 heteroatoms. The van der Waals surface area contributed by atoms with E-state index < -0.39 is 0 Å². The van der Waals surface area contributed by atoms with Crippen molar-refractivity contribution in [2.45, 2.75) is 51.0 Å². The van der Waals surface area contributed by atoms with E-state index in [0.29, 0.717) is 17.9 Å². The lowest BCUT2D eigenvalue weighted by molar-refractivity contribution is -0.150. The summed E-state index contributed by atoms with van der Waals surface area (Å²) < 4.78 is 0. The van der Waals surface area contributed by atoms with Gasteiger partial charge in [-0.2, -0.15) is 0 Å². The van der Waals surface area contributed by atoms with Gasteiger partial charge in [-0.1, -0.05) is 0 Å². The van der Waals surface area contributed by atoms with E-state index in [4.69, 9.17) is 0 Å². The summed E-state index contributed by atoms with van der Waals surface area (Å²) in [7, 11) is 2.04. The minimum atomic E-state index is 0.397. The van der Waals surface area contributed by atoms with E-state index in [1.54, 1.807) is 0 Å². The van der Waals surface area contributed by atoms with Gasteiger partial charge in [0.05, 0.1) is 0 Å². The summed E-state index contributed by atoms with van der Waals surface area (Å²) in [5, 5.41) is 3.36. The van der Waals surface area contributed by atoms with Crippen molar-refractivity contribution in [3.63, 3.8) is 0 Å². The molecule has 4 bridgehead atoms. The Balaban J connectivity index is 1.44. The van der Waals surface area contributed by atoms with Crippen LogP contribution < -0.4 is 5.32 Å². The first-order valence-corrected chi connectivity index (χ1v) is 8.70. The SMILES string of the molecule is CNC1CCN(C(=O)C2C3CC4CC(C3)CC2C4)CC1. The van der Waals surface area contributed by atoms with E-state index in [9.17, 15) is 4.79 Å². The molecule has 20 heavy (non-hydrogen) atoms. The van der Waals surface area contributed by atoms with Crippen molar-refractivity contribution in [2.75, 3.05) is 20.1 Å². The van der Waals surface area contributed by atoms with E-state index >= 15 is 0 Å². The molecule has 112 valence electrons. The maximum absolute atomic E-state index is 13.0. The van der Waals surface area contributed by atoms with Gasteiger partial charge in [0.25, 0.3) is 0 Å². The second kappa shape index (κ2) is 5.01. The molecule has 3 nitrogen and oxygen atoms in total. The fourth-order valence-corrected chi connectivity index (χ4v) is 5.93. The molecule has 1 aliphatic heterocycles. The number of carbonyl (C=O) groups excluding carboxylic acids is 1. The molecule has 1 heterocycles. The highest BCUT2D eigenvalue weighted by atomic mass is 16.2. The molecule has 0 unspecified atom stereocenters. The highest BCUT2D eigenvalue weighted by Gasteiger charge is 2.51. The average Bonchev–Trinajstić information content (AvgIpc) is 2.46. The van der Waals surface area contributed by atoms with Crippen molar-refractivity contribution in [1.82, 2.24) is 10.2 Å². The zero-order chi connectivity index (χ0) is 13.7. The van der Waals surface area contributed by atoms with Crippen molar-refractivity contribution >= 4 is 5.91 Å². The van der Waals surface area contributed by atoms with Crippen LogP contribution in [-0.4, -0.2) is 37.0 Å². The van der Waals surface area contributed by atoms with Crippen LogP contribution >= 0.6 is 0 Å². The lowest BCUT2D eigenvalue weighted by atomic mass is 9.51. The Morgan fingerprint density at radius 2 is 1.50 bits per heavy atom. The van der Waals surface area contributed by atoms with Gasteiger partial charge in [-0.3, -0.25) is 4.79 Å². The molecule has 0 aromatic rings. The maximum Gasteiger partial charge on any atom is 0.226 e. The number of amides is 1. The van der Waals surface area contributed by atoms with Crippen molar-refractivity contribution < 1.29 is 4.79 Å². The van der Waals surface area contributed by atoms with Crippen LogP contribution in [0.15, 0.2) is 0 Å². The Morgan fingerprint density at radius 1 is 0.950 bits per heavy atom. The summed E-state index contributed by atoms with van der Waals surface area (Å²) >= 11 is 0. The Labute approximate surface area is 122 Å². The van der Waals surface area contributed by atoms with Gasteiger partial charge in [-0.15, -0.1) is 0 Å². The molecule has 0 atom stereocenters. The van der Waals surface area contributed by atoms with Gasteiger partial charge in [-0.05, 0) is 75.7 Å². The predicted octanol–water partition coefficient (Wildman–Crippen LogP) is 2.27.